The first kappa shape index (κ1) is 13.6. The molecule has 1 aromatic rings. The van der Waals surface area contributed by atoms with Crippen molar-refractivity contribution in [3.63, 3.8) is 0 Å². The lowest BCUT2D eigenvalue weighted by Crippen LogP contribution is -2.38. The molecule has 1 heterocycles. The van der Waals surface area contributed by atoms with Crippen LogP contribution in [0.5, 0.6) is 5.75 Å². The van der Waals surface area contributed by atoms with E-state index in [0.29, 0.717) is 11.3 Å². The Morgan fingerprint density at radius 3 is 2.58 bits per heavy atom. The van der Waals surface area contributed by atoms with Gasteiger partial charge in [-0.1, -0.05) is 0 Å². The summed E-state index contributed by atoms with van der Waals surface area (Å²) in [6.45, 7) is 0.103. The van der Waals surface area contributed by atoms with Gasteiger partial charge in [-0.25, -0.2) is 0 Å². The predicted octanol–water partition coefficient (Wildman–Crippen LogP) is 1.81. The van der Waals surface area contributed by atoms with E-state index in [2.05, 4.69) is 5.32 Å². The highest BCUT2D eigenvalue weighted by atomic mass is 19.4. The quantitative estimate of drug-likeness (QED) is 0.911. The molecule has 4 nitrogen and oxygen atoms in total. The van der Waals surface area contributed by atoms with Gasteiger partial charge in [-0.2, -0.15) is 18.4 Å². The van der Waals surface area contributed by atoms with Crippen molar-refractivity contribution in [2.24, 2.45) is 0 Å². The van der Waals surface area contributed by atoms with Crippen molar-refractivity contribution in [1.82, 2.24) is 5.32 Å². The minimum Gasteiger partial charge on any atom is -0.491 e. The van der Waals surface area contributed by atoms with Gasteiger partial charge >= 0.3 is 6.18 Å². The molecule has 0 aliphatic carbocycles. The van der Waals surface area contributed by atoms with Crippen LogP contribution in [0.3, 0.4) is 0 Å². The van der Waals surface area contributed by atoms with Crippen LogP contribution in [-0.4, -0.2) is 31.7 Å². The van der Waals surface area contributed by atoms with E-state index in [1.165, 1.54) is 0 Å². The molecular formula is C12H11F3N2O2. The monoisotopic (exact) mass is 272 g/mol. The summed E-state index contributed by atoms with van der Waals surface area (Å²) in [5.41, 5.74) is 0.489. The number of halogens is 3. The van der Waals surface area contributed by atoms with Gasteiger partial charge in [0, 0.05) is 6.54 Å². The van der Waals surface area contributed by atoms with Gasteiger partial charge in [0.25, 0.3) is 0 Å². The zero-order chi connectivity index (χ0) is 13.9. The summed E-state index contributed by atoms with van der Waals surface area (Å²) >= 11 is 0. The SMILES string of the molecule is N#Cc1ccc(OC[C@@H]2CN[C@H](C(F)(F)F)O2)cc1. The number of hydrogen-bond donors (Lipinski definition) is 1. The number of nitrogens with zero attached hydrogens (tertiary/aromatic N) is 1. The van der Waals surface area contributed by atoms with Gasteiger partial charge in [-0.15, -0.1) is 0 Å². The van der Waals surface area contributed by atoms with Gasteiger partial charge in [0.15, 0.2) is 0 Å². The standard InChI is InChI=1S/C12H11F3N2O2/c13-12(14,15)11-17-6-10(19-11)7-18-9-3-1-8(5-16)2-4-9/h1-4,10-11,17H,6-7H2/t10-,11-/m0/s1. The molecule has 0 bridgehead atoms. The van der Waals surface area contributed by atoms with E-state index >= 15 is 0 Å². The Kier molecular flexibility index (Phi) is 3.93. The Labute approximate surface area is 107 Å². The van der Waals surface area contributed by atoms with E-state index in [0.717, 1.165) is 0 Å². The fourth-order valence-electron chi connectivity index (χ4n) is 1.63. The maximum Gasteiger partial charge on any atom is 0.428 e. The van der Waals surface area contributed by atoms with Crippen LogP contribution in [0.1, 0.15) is 5.56 Å². The van der Waals surface area contributed by atoms with Crippen LogP contribution in [0.15, 0.2) is 24.3 Å². The highest BCUT2D eigenvalue weighted by molar-refractivity contribution is 5.34. The first-order chi connectivity index (χ1) is 8.99. The molecule has 0 spiro atoms. The first-order valence-electron chi connectivity index (χ1n) is 5.57. The molecule has 102 valence electrons. The Morgan fingerprint density at radius 1 is 1.37 bits per heavy atom. The molecule has 1 aliphatic heterocycles. The summed E-state index contributed by atoms with van der Waals surface area (Å²) in [6, 6.07) is 8.27. The molecule has 1 aromatic carbocycles. The minimum atomic E-state index is -4.41. The zero-order valence-electron chi connectivity index (χ0n) is 9.78. The zero-order valence-corrected chi connectivity index (χ0v) is 9.78. The molecule has 7 heteroatoms. The predicted molar refractivity (Wildman–Crippen MR) is 59.4 cm³/mol. The number of hydrogen-bond acceptors (Lipinski definition) is 4. The normalized spacial score (nSPS) is 23.1. The van der Waals surface area contributed by atoms with Crippen LogP contribution >= 0.6 is 0 Å². The Balaban J connectivity index is 1.82. The number of nitrogens with one attached hydrogen (secondary N) is 1. The third-order valence-corrected chi connectivity index (χ3v) is 2.58. The molecule has 0 amide bonds. The van der Waals surface area contributed by atoms with Gasteiger partial charge in [0.1, 0.15) is 18.5 Å². The average Bonchev–Trinajstić information content (AvgIpc) is 2.86. The van der Waals surface area contributed by atoms with Crippen LogP contribution in [-0.2, 0) is 4.74 Å². The van der Waals surface area contributed by atoms with Gasteiger partial charge in [0.05, 0.1) is 11.6 Å². The van der Waals surface area contributed by atoms with Crippen molar-refractivity contribution < 1.29 is 22.6 Å². The van der Waals surface area contributed by atoms with Crippen LogP contribution in [0.2, 0.25) is 0 Å². The minimum absolute atomic E-state index is 0.0193. The van der Waals surface area contributed by atoms with Gasteiger partial charge in [-0.3, -0.25) is 5.32 Å². The number of alkyl halides is 3. The molecule has 2 atom stereocenters. The summed E-state index contributed by atoms with van der Waals surface area (Å²) in [4.78, 5) is 0. The van der Waals surface area contributed by atoms with Gasteiger partial charge in [-0.05, 0) is 24.3 Å². The van der Waals surface area contributed by atoms with Crippen LogP contribution < -0.4 is 10.1 Å². The fourth-order valence-corrected chi connectivity index (χ4v) is 1.63. The second kappa shape index (κ2) is 5.47. The molecule has 0 aromatic heterocycles. The maximum absolute atomic E-state index is 12.3. The topological polar surface area (TPSA) is 54.3 Å². The largest absolute Gasteiger partial charge is 0.491 e. The van der Waals surface area contributed by atoms with Crippen molar-refractivity contribution in [3.8, 4) is 11.8 Å². The third-order valence-electron chi connectivity index (χ3n) is 2.58. The highest BCUT2D eigenvalue weighted by Crippen LogP contribution is 2.25. The Morgan fingerprint density at radius 2 is 2.05 bits per heavy atom. The molecule has 0 unspecified atom stereocenters. The lowest BCUT2D eigenvalue weighted by Gasteiger charge is -2.15. The van der Waals surface area contributed by atoms with Crippen LogP contribution in [0, 0.1) is 11.3 Å². The lowest BCUT2D eigenvalue weighted by molar-refractivity contribution is -0.221. The molecule has 1 N–H and O–H groups in total. The molecule has 1 aliphatic rings. The van der Waals surface area contributed by atoms with Crippen LogP contribution in [0.25, 0.3) is 0 Å². The van der Waals surface area contributed by atoms with E-state index in [1.54, 1.807) is 24.3 Å². The smallest absolute Gasteiger partial charge is 0.428 e. The average molecular weight is 272 g/mol. The molecular weight excluding hydrogens is 261 g/mol. The Hall–Kier alpha value is -1.78. The molecule has 19 heavy (non-hydrogen) atoms. The molecule has 2 rings (SSSR count). The second-order valence-corrected chi connectivity index (χ2v) is 4.04. The number of ether oxygens (including phenoxy) is 2. The fraction of sp³-hybridized carbons (Fsp3) is 0.417. The van der Waals surface area contributed by atoms with Gasteiger partial charge < -0.3 is 9.47 Å². The third kappa shape index (κ3) is 3.59. The summed E-state index contributed by atoms with van der Waals surface area (Å²) in [5.74, 6) is 0.484. The summed E-state index contributed by atoms with van der Waals surface area (Å²) in [5, 5.41) is 10.8. The van der Waals surface area contributed by atoms with Crippen molar-refractivity contribution >= 4 is 0 Å². The number of benzene rings is 1. The van der Waals surface area contributed by atoms with Crippen molar-refractivity contribution in [1.29, 1.82) is 5.26 Å². The van der Waals surface area contributed by atoms with E-state index in [9.17, 15) is 13.2 Å². The molecule has 1 saturated heterocycles. The van der Waals surface area contributed by atoms with E-state index in [1.807, 2.05) is 6.07 Å². The first-order valence-corrected chi connectivity index (χ1v) is 5.57. The lowest BCUT2D eigenvalue weighted by atomic mass is 10.2. The van der Waals surface area contributed by atoms with Gasteiger partial charge in [0.2, 0.25) is 6.23 Å². The van der Waals surface area contributed by atoms with E-state index < -0.39 is 18.5 Å². The second-order valence-electron chi connectivity index (χ2n) is 4.04. The van der Waals surface area contributed by atoms with Crippen molar-refractivity contribution in [2.75, 3.05) is 13.2 Å². The van der Waals surface area contributed by atoms with Crippen molar-refractivity contribution in [3.05, 3.63) is 29.8 Å². The molecule has 1 fully saturated rings. The molecule has 0 radical (unpaired) electrons. The summed E-state index contributed by atoms with van der Waals surface area (Å²) < 4.78 is 47.1. The van der Waals surface area contributed by atoms with E-state index in [4.69, 9.17) is 14.7 Å². The Bertz CT molecular complexity index is 467. The highest BCUT2D eigenvalue weighted by Gasteiger charge is 2.45. The summed E-state index contributed by atoms with van der Waals surface area (Å²) in [7, 11) is 0. The summed E-state index contributed by atoms with van der Waals surface area (Å²) in [6.07, 6.45) is -6.99. The maximum atomic E-state index is 12.3. The molecule has 0 saturated carbocycles. The van der Waals surface area contributed by atoms with E-state index in [-0.39, 0.29) is 13.2 Å². The number of nitriles is 1. The van der Waals surface area contributed by atoms with Crippen molar-refractivity contribution in [2.45, 2.75) is 18.5 Å². The number of rotatable bonds is 3. The van der Waals surface area contributed by atoms with Crippen LogP contribution in [0.4, 0.5) is 13.2 Å².